The molecule has 0 saturated heterocycles. The Labute approximate surface area is 166 Å². The zero-order valence-electron chi connectivity index (χ0n) is 15.0. The summed E-state index contributed by atoms with van der Waals surface area (Å²) in [5.41, 5.74) is 2.47. The van der Waals surface area contributed by atoms with E-state index in [9.17, 15) is 9.59 Å². The van der Waals surface area contributed by atoms with E-state index < -0.39 is 5.91 Å². The van der Waals surface area contributed by atoms with E-state index in [1.54, 1.807) is 42.5 Å². The van der Waals surface area contributed by atoms with Crippen LogP contribution in [0.3, 0.4) is 0 Å². The van der Waals surface area contributed by atoms with Gasteiger partial charge in [0.15, 0.2) is 0 Å². The summed E-state index contributed by atoms with van der Waals surface area (Å²) < 4.78 is 5.47. The third-order valence-corrected chi connectivity index (χ3v) is 4.62. The molecule has 0 radical (unpaired) electrons. The lowest BCUT2D eigenvalue weighted by Crippen LogP contribution is -2.25. The van der Waals surface area contributed by atoms with E-state index in [1.807, 2.05) is 6.92 Å². The molecule has 3 aromatic rings. The maximum absolute atomic E-state index is 12.5. The van der Waals surface area contributed by atoms with Crippen molar-refractivity contribution in [2.24, 2.45) is 0 Å². The SMILES string of the molecule is Cc1ccc(C(=O)NC2CC2)cc1NC(=O)c1nnc(-c2ccc(Cl)cc2)o1. The second-order valence-corrected chi connectivity index (χ2v) is 7.09. The normalized spacial score (nSPS) is 13.2. The molecule has 1 aliphatic rings. The number of carbonyl (C=O) groups is 2. The van der Waals surface area contributed by atoms with Crippen LogP contribution in [-0.4, -0.2) is 28.1 Å². The number of nitrogens with one attached hydrogen (secondary N) is 2. The van der Waals surface area contributed by atoms with E-state index in [2.05, 4.69) is 20.8 Å². The smallest absolute Gasteiger partial charge is 0.313 e. The molecule has 0 aliphatic heterocycles. The van der Waals surface area contributed by atoms with Crippen LogP contribution in [-0.2, 0) is 0 Å². The number of nitrogens with zero attached hydrogens (tertiary/aromatic N) is 2. The first-order valence-electron chi connectivity index (χ1n) is 8.82. The molecule has 8 heteroatoms. The Bertz CT molecular complexity index is 1040. The van der Waals surface area contributed by atoms with E-state index in [4.69, 9.17) is 16.0 Å². The minimum absolute atomic E-state index is 0.152. The molecule has 1 fully saturated rings. The topological polar surface area (TPSA) is 97.1 Å². The predicted molar refractivity (Wildman–Crippen MR) is 104 cm³/mol. The molecular formula is C20H17ClN4O3. The highest BCUT2D eigenvalue weighted by molar-refractivity contribution is 6.30. The number of anilines is 1. The molecule has 1 heterocycles. The Morgan fingerprint density at radius 2 is 1.82 bits per heavy atom. The number of hydrogen-bond acceptors (Lipinski definition) is 5. The fourth-order valence-electron chi connectivity index (χ4n) is 2.59. The molecule has 2 amide bonds. The number of rotatable bonds is 5. The van der Waals surface area contributed by atoms with E-state index in [1.165, 1.54) is 0 Å². The van der Waals surface area contributed by atoms with Crippen LogP contribution in [0.2, 0.25) is 5.02 Å². The molecule has 0 bridgehead atoms. The number of aryl methyl sites for hydroxylation is 1. The van der Waals surface area contributed by atoms with Crippen molar-refractivity contribution in [1.29, 1.82) is 0 Å². The van der Waals surface area contributed by atoms with Gasteiger partial charge in [-0.3, -0.25) is 9.59 Å². The zero-order valence-corrected chi connectivity index (χ0v) is 15.8. The Morgan fingerprint density at radius 1 is 1.07 bits per heavy atom. The summed E-state index contributed by atoms with van der Waals surface area (Å²) >= 11 is 5.87. The third kappa shape index (κ3) is 4.04. The lowest BCUT2D eigenvalue weighted by molar-refractivity contribution is 0.0948. The van der Waals surface area contributed by atoms with Crippen LogP contribution >= 0.6 is 11.6 Å². The second-order valence-electron chi connectivity index (χ2n) is 6.65. The Balaban J connectivity index is 1.50. The minimum atomic E-state index is -0.546. The second kappa shape index (κ2) is 7.44. The highest BCUT2D eigenvalue weighted by Gasteiger charge is 2.24. The van der Waals surface area contributed by atoms with Gasteiger partial charge in [0.25, 0.3) is 5.91 Å². The summed E-state index contributed by atoms with van der Waals surface area (Å²) in [6, 6.07) is 12.3. The van der Waals surface area contributed by atoms with Crippen molar-refractivity contribution in [1.82, 2.24) is 15.5 Å². The van der Waals surface area contributed by atoms with Gasteiger partial charge in [-0.2, -0.15) is 0 Å². The summed E-state index contributed by atoms with van der Waals surface area (Å²) in [7, 11) is 0. The van der Waals surface area contributed by atoms with Gasteiger partial charge in [0.1, 0.15) is 0 Å². The van der Waals surface area contributed by atoms with Crippen molar-refractivity contribution in [2.45, 2.75) is 25.8 Å². The molecule has 2 aromatic carbocycles. The summed E-state index contributed by atoms with van der Waals surface area (Å²) in [5.74, 6) is -0.648. The van der Waals surface area contributed by atoms with E-state index in [-0.39, 0.29) is 23.7 Å². The van der Waals surface area contributed by atoms with Crippen molar-refractivity contribution in [3.63, 3.8) is 0 Å². The molecule has 1 saturated carbocycles. The summed E-state index contributed by atoms with van der Waals surface area (Å²) in [6.07, 6.45) is 2.02. The number of hydrogen-bond donors (Lipinski definition) is 2. The standard InChI is InChI=1S/C20H17ClN4O3/c1-11-2-3-13(17(26)22-15-8-9-15)10-16(11)23-18(27)20-25-24-19(28-20)12-4-6-14(21)7-5-12/h2-7,10,15H,8-9H2,1H3,(H,22,26)(H,23,27). The molecule has 1 aromatic heterocycles. The Hall–Kier alpha value is -3.19. The van der Waals surface area contributed by atoms with Crippen LogP contribution < -0.4 is 10.6 Å². The van der Waals surface area contributed by atoms with Crippen molar-refractivity contribution in [2.75, 3.05) is 5.32 Å². The highest BCUT2D eigenvalue weighted by Crippen LogP contribution is 2.23. The van der Waals surface area contributed by atoms with Gasteiger partial charge in [-0.1, -0.05) is 17.7 Å². The van der Waals surface area contributed by atoms with Crippen molar-refractivity contribution < 1.29 is 14.0 Å². The average molecular weight is 397 g/mol. The van der Waals surface area contributed by atoms with Crippen LogP contribution in [0.4, 0.5) is 5.69 Å². The average Bonchev–Trinajstić information content (AvgIpc) is 3.35. The molecule has 28 heavy (non-hydrogen) atoms. The lowest BCUT2D eigenvalue weighted by Gasteiger charge is -2.09. The molecule has 0 atom stereocenters. The first-order chi connectivity index (χ1) is 13.5. The summed E-state index contributed by atoms with van der Waals surface area (Å²) in [4.78, 5) is 24.7. The van der Waals surface area contributed by atoms with Gasteiger partial charge in [-0.25, -0.2) is 0 Å². The maximum Gasteiger partial charge on any atom is 0.313 e. The van der Waals surface area contributed by atoms with Gasteiger partial charge in [0.2, 0.25) is 5.89 Å². The van der Waals surface area contributed by atoms with Gasteiger partial charge in [0, 0.05) is 27.9 Å². The van der Waals surface area contributed by atoms with Gasteiger partial charge in [-0.05, 0) is 61.7 Å². The summed E-state index contributed by atoms with van der Waals surface area (Å²) in [5, 5.41) is 13.9. The molecular weight excluding hydrogens is 380 g/mol. The third-order valence-electron chi connectivity index (χ3n) is 4.37. The molecule has 1 aliphatic carbocycles. The first kappa shape index (κ1) is 18.2. The Kier molecular flexibility index (Phi) is 4.83. The van der Waals surface area contributed by atoms with Crippen LogP contribution in [0.15, 0.2) is 46.9 Å². The fourth-order valence-corrected chi connectivity index (χ4v) is 2.72. The Morgan fingerprint density at radius 3 is 2.54 bits per heavy atom. The number of benzene rings is 2. The lowest BCUT2D eigenvalue weighted by atomic mass is 10.1. The van der Waals surface area contributed by atoms with E-state index >= 15 is 0 Å². The van der Waals surface area contributed by atoms with Gasteiger partial charge in [0.05, 0.1) is 0 Å². The fraction of sp³-hybridized carbons (Fsp3) is 0.200. The van der Waals surface area contributed by atoms with Crippen LogP contribution in [0.25, 0.3) is 11.5 Å². The van der Waals surface area contributed by atoms with Crippen LogP contribution in [0, 0.1) is 6.92 Å². The monoisotopic (exact) mass is 396 g/mol. The van der Waals surface area contributed by atoms with Crippen LogP contribution in [0.1, 0.15) is 39.4 Å². The minimum Gasteiger partial charge on any atom is -0.412 e. The number of aromatic nitrogens is 2. The van der Waals surface area contributed by atoms with E-state index in [0.29, 0.717) is 21.8 Å². The summed E-state index contributed by atoms with van der Waals surface area (Å²) in [6.45, 7) is 1.84. The van der Waals surface area contributed by atoms with Gasteiger partial charge in [-0.15, -0.1) is 10.2 Å². The van der Waals surface area contributed by atoms with Crippen molar-refractivity contribution >= 4 is 29.1 Å². The van der Waals surface area contributed by atoms with Crippen molar-refractivity contribution in [3.05, 3.63) is 64.5 Å². The quantitative estimate of drug-likeness (QED) is 0.682. The molecule has 2 N–H and O–H groups in total. The highest BCUT2D eigenvalue weighted by atomic mass is 35.5. The number of halogens is 1. The molecule has 142 valence electrons. The zero-order chi connectivity index (χ0) is 19.7. The van der Waals surface area contributed by atoms with Gasteiger partial charge >= 0.3 is 11.8 Å². The maximum atomic E-state index is 12.5. The predicted octanol–water partition coefficient (Wildman–Crippen LogP) is 3.84. The van der Waals surface area contributed by atoms with Gasteiger partial charge < -0.3 is 15.1 Å². The molecule has 4 rings (SSSR count). The van der Waals surface area contributed by atoms with E-state index in [0.717, 1.165) is 18.4 Å². The van der Waals surface area contributed by atoms with Crippen LogP contribution in [0.5, 0.6) is 0 Å². The molecule has 0 spiro atoms. The number of amides is 2. The number of carbonyl (C=O) groups excluding carboxylic acids is 2. The first-order valence-corrected chi connectivity index (χ1v) is 9.20. The largest absolute Gasteiger partial charge is 0.412 e. The molecule has 7 nitrogen and oxygen atoms in total. The van der Waals surface area contributed by atoms with Crippen molar-refractivity contribution in [3.8, 4) is 11.5 Å². The molecule has 0 unspecified atom stereocenters.